The second-order valence-corrected chi connectivity index (χ2v) is 8.26. The predicted octanol–water partition coefficient (Wildman–Crippen LogP) is 2.86. The number of sulfonamides is 1. The molecule has 9 heteroatoms. The third-order valence-electron chi connectivity index (χ3n) is 2.73. The highest BCUT2D eigenvalue weighted by Crippen LogP contribution is 2.25. The minimum Gasteiger partial charge on any atom is -0.478 e. The number of nitrogens with zero attached hydrogens (tertiary/aromatic N) is 1. The Labute approximate surface area is 139 Å². The summed E-state index contributed by atoms with van der Waals surface area (Å²) < 4.78 is 27.4. The van der Waals surface area contributed by atoms with E-state index in [0.717, 1.165) is 16.6 Å². The summed E-state index contributed by atoms with van der Waals surface area (Å²) in [6.45, 7) is 3.63. The zero-order valence-electron chi connectivity index (χ0n) is 11.0. The molecule has 0 aliphatic rings. The number of hydrogen-bond donors (Lipinski definition) is 2. The summed E-state index contributed by atoms with van der Waals surface area (Å²) in [5.41, 5.74) is 0.705. The van der Waals surface area contributed by atoms with Gasteiger partial charge in [-0.15, -0.1) is 11.3 Å². The van der Waals surface area contributed by atoms with Crippen molar-refractivity contribution in [2.45, 2.75) is 18.7 Å². The number of carboxylic acids is 1. The Morgan fingerprint density at radius 3 is 2.57 bits per heavy atom. The van der Waals surface area contributed by atoms with Crippen LogP contribution >= 0.6 is 33.9 Å². The highest BCUT2D eigenvalue weighted by molar-refractivity contribution is 14.1. The summed E-state index contributed by atoms with van der Waals surface area (Å²) >= 11 is 3.08. The number of carboxylic acid groups (broad SMARTS) is 1. The first-order valence-electron chi connectivity index (χ1n) is 5.70. The van der Waals surface area contributed by atoms with Crippen molar-refractivity contribution in [1.82, 2.24) is 4.98 Å². The van der Waals surface area contributed by atoms with E-state index in [2.05, 4.69) is 9.71 Å². The monoisotopic (exact) mass is 438 g/mol. The number of aromatic carboxylic acids is 1. The van der Waals surface area contributed by atoms with Gasteiger partial charge in [0.25, 0.3) is 10.0 Å². The van der Waals surface area contributed by atoms with E-state index in [0.29, 0.717) is 3.57 Å². The number of aryl methyl sites for hydroxylation is 2. The van der Waals surface area contributed by atoms with Crippen molar-refractivity contribution in [1.29, 1.82) is 0 Å². The van der Waals surface area contributed by atoms with Gasteiger partial charge in [0.1, 0.15) is 0 Å². The van der Waals surface area contributed by atoms with Gasteiger partial charge in [0.15, 0.2) is 5.13 Å². The maximum absolute atomic E-state index is 12.3. The van der Waals surface area contributed by atoms with Crippen molar-refractivity contribution >= 4 is 55.1 Å². The molecule has 0 spiro atoms. The molecule has 0 aliphatic carbocycles. The van der Waals surface area contributed by atoms with Crippen molar-refractivity contribution in [3.8, 4) is 0 Å². The Morgan fingerprint density at radius 1 is 1.38 bits per heavy atom. The molecule has 0 amide bonds. The number of anilines is 1. The molecule has 1 aromatic carbocycles. The van der Waals surface area contributed by atoms with Crippen molar-refractivity contribution < 1.29 is 18.3 Å². The van der Waals surface area contributed by atoms with Crippen molar-refractivity contribution in [2.75, 3.05) is 4.72 Å². The summed E-state index contributed by atoms with van der Waals surface area (Å²) in [5, 5.41) is 9.32. The van der Waals surface area contributed by atoms with Crippen LogP contribution in [0.1, 0.15) is 20.9 Å². The Hall–Kier alpha value is -1.20. The fourth-order valence-electron chi connectivity index (χ4n) is 1.53. The first-order chi connectivity index (χ1) is 9.70. The quantitative estimate of drug-likeness (QED) is 0.716. The zero-order valence-corrected chi connectivity index (χ0v) is 14.8. The van der Waals surface area contributed by atoms with Crippen LogP contribution in [-0.2, 0) is 10.0 Å². The van der Waals surface area contributed by atoms with Crippen molar-refractivity contribution in [3.05, 3.63) is 37.9 Å². The predicted molar refractivity (Wildman–Crippen MR) is 88.5 cm³/mol. The van der Waals surface area contributed by atoms with Crippen LogP contribution in [0.15, 0.2) is 23.1 Å². The molecule has 2 N–H and O–H groups in total. The summed E-state index contributed by atoms with van der Waals surface area (Å²) in [5.74, 6) is -1.17. The highest BCUT2D eigenvalue weighted by Gasteiger charge is 2.20. The van der Waals surface area contributed by atoms with E-state index < -0.39 is 16.0 Å². The molecule has 1 aromatic heterocycles. The normalized spacial score (nSPS) is 11.4. The SMILES string of the molecule is Cc1nc(NS(=O)(=O)c2ccc(I)c(C(=O)O)c2)sc1C. The van der Waals surface area contributed by atoms with Gasteiger partial charge >= 0.3 is 5.97 Å². The van der Waals surface area contributed by atoms with Gasteiger partial charge in [0.05, 0.1) is 16.2 Å². The Morgan fingerprint density at radius 2 is 2.05 bits per heavy atom. The molecule has 0 fully saturated rings. The Balaban J connectivity index is 2.40. The first-order valence-corrected chi connectivity index (χ1v) is 9.08. The lowest BCUT2D eigenvalue weighted by molar-refractivity contribution is 0.0695. The van der Waals surface area contributed by atoms with E-state index in [4.69, 9.17) is 5.11 Å². The molecular formula is C12H11IN2O4S2. The van der Waals surface area contributed by atoms with Gasteiger partial charge in [-0.3, -0.25) is 4.72 Å². The topological polar surface area (TPSA) is 96.4 Å². The molecule has 2 rings (SSSR count). The molecule has 0 unspecified atom stereocenters. The molecule has 0 aliphatic heterocycles. The zero-order chi connectivity index (χ0) is 15.8. The van der Waals surface area contributed by atoms with Gasteiger partial charge in [0.2, 0.25) is 0 Å². The smallest absolute Gasteiger partial charge is 0.336 e. The number of halogens is 1. The lowest BCUT2D eigenvalue weighted by Crippen LogP contribution is -2.14. The number of nitrogens with one attached hydrogen (secondary N) is 1. The second kappa shape index (κ2) is 5.89. The fraction of sp³-hybridized carbons (Fsp3) is 0.167. The number of aromatic nitrogens is 1. The average molecular weight is 438 g/mol. The van der Waals surface area contributed by atoms with Gasteiger partial charge in [0, 0.05) is 8.45 Å². The number of benzene rings is 1. The fourth-order valence-corrected chi connectivity index (χ4v) is 4.17. The van der Waals surface area contributed by atoms with E-state index in [1.54, 1.807) is 6.92 Å². The third kappa shape index (κ3) is 3.52. The van der Waals surface area contributed by atoms with Gasteiger partial charge in [-0.25, -0.2) is 18.2 Å². The summed E-state index contributed by atoms with van der Waals surface area (Å²) in [7, 11) is -3.86. The lowest BCUT2D eigenvalue weighted by atomic mass is 10.2. The number of rotatable bonds is 4. The maximum atomic E-state index is 12.3. The van der Waals surface area contributed by atoms with Crippen molar-refractivity contribution in [2.24, 2.45) is 0 Å². The Kier molecular flexibility index (Phi) is 4.54. The molecule has 0 atom stereocenters. The standard InChI is InChI=1S/C12H11IN2O4S2/c1-6-7(2)20-12(14-6)15-21(18,19)8-3-4-10(13)9(5-8)11(16)17/h3-5H,1-2H3,(H,14,15)(H,16,17). The number of thiazole rings is 1. The van der Waals surface area contributed by atoms with E-state index in [1.807, 2.05) is 29.5 Å². The van der Waals surface area contributed by atoms with E-state index in [-0.39, 0.29) is 15.6 Å². The van der Waals surface area contributed by atoms with Crippen molar-refractivity contribution in [3.63, 3.8) is 0 Å². The minimum atomic E-state index is -3.86. The van der Waals surface area contributed by atoms with Crippen LogP contribution in [0.4, 0.5) is 5.13 Å². The van der Waals surface area contributed by atoms with Crippen LogP contribution in [0.3, 0.4) is 0 Å². The lowest BCUT2D eigenvalue weighted by Gasteiger charge is -2.07. The maximum Gasteiger partial charge on any atom is 0.336 e. The molecule has 21 heavy (non-hydrogen) atoms. The highest BCUT2D eigenvalue weighted by atomic mass is 127. The Bertz CT molecular complexity index is 795. The summed E-state index contributed by atoms with van der Waals surface area (Å²) in [4.78, 5) is 16.0. The molecular weight excluding hydrogens is 427 g/mol. The van der Waals surface area contributed by atoms with Gasteiger partial charge in [-0.2, -0.15) is 0 Å². The van der Waals surface area contributed by atoms with Crippen LogP contribution in [0, 0.1) is 17.4 Å². The molecule has 0 saturated carbocycles. The number of hydrogen-bond acceptors (Lipinski definition) is 5. The summed E-state index contributed by atoms with van der Waals surface area (Å²) in [6, 6.07) is 3.96. The minimum absolute atomic E-state index is 0.0509. The van der Waals surface area contributed by atoms with Gasteiger partial charge in [-0.1, -0.05) is 0 Å². The average Bonchev–Trinajstić information content (AvgIpc) is 2.67. The van der Waals surface area contributed by atoms with Crippen LogP contribution in [0.5, 0.6) is 0 Å². The van der Waals surface area contributed by atoms with Crippen LogP contribution in [-0.4, -0.2) is 24.5 Å². The summed E-state index contributed by atoms with van der Waals surface area (Å²) in [6.07, 6.45) is 0. The number of carbonyl (C=O) groups is 1. The largest absolute Gasteiger partial charge is 0.478 e. The molecule has 0 bridgehead atoms. The molecule has 112 valence electrons. The van der Waals surface area contributed by atoms with E-state index >= 15 is 0 Å². The molecule has 1 heterocycles. The molecule has 0 radical (unpaired) electrons. The first kappa shape index (κ1) is 16.2. The van der Waals surface area contributed by atoms with E-state index in [9.17, 15) is 13.2 Å². The third-order valence-corrected chi connectivity index (χ3v) is 6.12. The molecule has 6 nitrogen and oxygen atoms in total. The van der Waals surface area contributed by atoms with Gasteiger partial charge in [-0.05, 0) is 54.6 Å². The van der Waals surface area contributed by atoms with Crippen LogP contribution in [0.2, 0.25) is 0 Å². The second-order valence-electron chi connectivity index (χ2n) is 4.21. The molecule has 0 saturated heterocycles. The van der Waals surface area contributed by atoms with Crippen LogP contribution < -0.4 is 4.72 Å². The van der Waals surface area contributed by atoms with Crippen LogP contribution in [0.25, 0.3) is 0 Å². The van der Waals surface area contributed by atoms with Gasteiger partial charge < -0.3 is 5.11 Å². The molecule has 2 aromatic rings. The van der Waals surface area contributed by atoms with E-state index in [1.165, 1.54) is 23.5 Å².